The number of benzene rings is 7. The first-order valence-electron chi connectivity index (χ1n) is 21.5. The maximum Gasteiger partial charge on any atom is 0.148 e. The van der Waals surface area contributed by atoms with Crippen LogP contribution in [0.1, 0.15) is 77.6 Å². The van der Waals surface area contributed by atoms with Crippen molar-refractivity contribution in [3.63, 3.8) is 0 Å². The van der Waals surface area contributed by atoms with Crippen molar-refractivity contribution in [3.8, 4) is 45.2 Å². The first-order chi connectivity index (χ1) is 29.7. The second-order valence-electron chi connectivity index (χ2n) is 19.2. The summed E-state index contributed by atoms with van der Waals surface area (Å²) in [6.07, 6.45) is 1.95. The molecule has 0 aliphatic carbocycles. The van der Waals surface area contributed by atoms with Crippen molar-refractivity contribution in [2.75, 3.05) is 0 Å². The number of furan rings is 1. The molecule has 0 amide bonds. The molecule has 0 radical (unpaired) electrons. The van der Waals surface area contributed by atoms with E-state index < -0.39 is 0 Å². The zero-order valence-electron chi connectivity index (χ0n) is 36.9. The van der Waals surface area contributed by atoms with Gasteiger partial charge in [0.25, 0.3) is 0 Å². The molecule has 7 aromatic carbocycles. The van der Waals surface area contributed by atoms with Crippen molar-refractivity contribution in [1.29, 1.82) is 0 Å². The van der Waals surface area contributed by atoms with Crippen LogP contribution in [-0.4, -0.2) is 19.6 Å². The van der Waals surface area contributed by atoms with Gasteiger partial charge in [0, 0.05) is 60.4 Å². The van der Waals surface area contributed by atoms with Gasteiger partial charge < -0.3 is 9.52 Å². The molecule has 0 unspecified atom stereocenters. The number of nitrogens with zero attached hydrogens (tertiary/aromatic N) is 3. The van der Waals surface area contributed by atoms with Gasteiger partial charge in [-0.05, 0) is 69.1 Å². The van der Waals surface area contributed by atoms with Crippen LogP contribution in [-0.2, 0) is 37.3 Å². The van der Waals surface area contributed by atoms with Crippen LogP contribution >= 0.6 is 0 Å². The molecule has 10 rings (SSSR count). The normalized spacial score (nSPS) is 12.4. The number of phenols is 1. The van der Waals surface area contributed by atoms with Gasteiger partial charge in [-0.2, -0.15) is 0 Å². The minimum Gasteiger partial charge on any atom is -0.507 e. The summed E-state index contributed by atoms with van der Waals surface area (Å²) in [6.45, 7) is 17.6. The van der Waals surface area contributed by atoms with E-state index in [9.17, 15) is 5.11 Å². The number of imidazole rings is 1. The summed E-state index contributed by atoms with van der Waals surface area (Å²) in [6, 6.07) is 54.6. The Hall–Kier alpha value is -6.29. The van der Waals surface area contributed by atoms with Crippen molar-refractivity contribution in [1.82, 2.24) is 14.5 Å². The monoisotopic (exact) mass is 1000 g/mol. The number of hydrogen-bond acceptors (Lipinski definition) is 4. The molecular formula is C57H50N3O2Pt-. The molecule has 3 heterocycles. The Kier molecular flexibility index (Phi) is 10.3. The fraction of sp³-hybridized carbons (Fsp3) is 0.193. The maximum atomic E-state index is 12.2. The molecule has 1 N–H and O–H groups in total. The Labute approximate surface area is 383 Å². The Bertz CT molecular complexity index is 3350. The second-order valence-corrected chi connectivity index (χ2v) is 19.2. The van der Waals surface area contributed by atoms with Gasteiger partial charge in [-0.3, -0.25) is 9.55 Å². The smallest absolute Gasteiger partial charge is 0.148 e. The molecule has 0 bridgehead atoms. The molecule has 63 heavy (non-hydrogen) atoms. The van der Waals surface area contributed by atoms with E-state index in [4.69, 9.17) is 14.4 Å². The van der Waals surface area contributed by atoms with Crippen LogP contribution < -0.4 is 0 Å². The van der Waals surface area contributed by atoms with E-state index in [1.807, 2.05) is 24.4 Å². The molecule has 0 aliphatic rings. The van der Waals surface area contributed by atoms with Crippen LogP contribution in [0.25, 0.3) is 83.2 Å². The van der Waals surface area contributed by atoms with E-state index in [1.165, 1.54) is 10.9 Å². The van der Waals surface area contributed by atoms with E-state index >= 15 is 0 Å². The van der Waals surface area contributed by atoms with E-state index in [1.54, 1.807) is 0 Å². The third-order valence-corrected chi connectivity index (χ3v) is 12.6. The average Bonchev–Trinajstić information content (AvgIpc) is 3.85. The zero-order chi connectivity index (χ0) is 43.1. The number of rotatable bonds is 6. The van der Waals surface area contributed by atoms with Crippen molar-refractivity contribution in [3.05, 3.63) is 180 Å². The molecule has 0 saturated heterocycles. The summed E-state index contributed by atoms with van der Waals surface area (Å²) in [4.78, 5) is 10.7. The minimum absolute atomic E-state index is 0. The van der Waals surface area contributed by atoms with Crippen LogP contribution in [0.4, 0.5) is 0 Å². The number of fused-ring (bicyclic) bond motifs is 6. The summed E-state index contributed by atoms with van der Waals surface area (Å²) in [5.41, 5.74) is 12.0. The van der Waals surface area contributed by atoms with Gasteiger partial charge in [-0.25, -0.2) is 4.98 Å². The third-order valence-electron chi connectivity index (χ3n) is 12.6. The number of aromatic hydroxyl groups is 1. The molecule has 5 nitrogen and oxygen atoms in total. The Morgan fingerprint density at radius 2 is 1.29 bits per heavy atom. The standard InChI is InChI=1S/C57H50N3O2.Pt/c1-55(2,3)39-31-44(53(61)46(32-39)56(4,5)6)54-59-52-43(24-17-25-48(52)60(54)41-21-13-10-14-22-41)36-28-37(30-40(29-36)57(7,8)38-19-11-9-12-20-38)47-33-50-45(34-58-47)51-42-23-16-15-18-35(42)26-27-49(51)62-50;/h9-27,29-34,61H,1-8H3;/q-1;. The first-order valence-corrected chi connectivity index (χ1v) is 21.5. The number of pyridine rings is 1. The molecule has 316 valence electrons. The third kappa shape index (κ3) is 7.27. The van der Waals surface area contributed by atoms with Gasteiger partial charge in [-0.1, -0.05) is 164 Å². The quantitative estimate of drug-likeness (QED) is 0.169. The van der Waals surface area contributed by atoms with E-state index in [0.717, 1.165) is 83.1 Å². The first kappa shape index (κ1) is 42.0. The number of aromatic nitrogens is 3. The fourth-order valence-corrected chi connectivity index (χ4v) is 8.97. The molecular weight excluding hydrogens is 954 g/mol. The molecule has 6 heteroatoms. The Balaban J connectivity index is 0.00000504. The van der Waals surface area contributed by atoms with Gasteiger partial charge in [0.15, 0.2) is 0 Å². The molecule has 0 spiro atoms. The average molecular weight is 1000 g/mol. The largest absolute Gasteiger partial charge is 0.507 e. The van der Waals surface area contributed by atoms with Gasteiger partial charge in [0.05, 0.1) is 16.6 Å². The van der Waals surface area contributed by atoms with Crippen LogP contribution in [0.15, 0.2) is 156 Å². The zero-order valence-corrected chi connectivity index (χ0v) is 39.2. The molecule has 3 aromatic heterocycles. The van der Waals surface area contributed by atoms with E-state index in [-0.39, 0.29) is 43.1 Å². The Morgan fingerprint density at radius 1 is 0.587 bits per heavy atom. The molecule has 0 aliphatic heterocycles. The van der Waals surface area contributed by atoms with E-state index in [2.05, 4.69) is 193 Å². The van der Waals surface area contributed by atoms with Crippen LogP contribution in [0.3, 0.4) is 0 Å². The van der Waals surface area contributed by atoms with E-state index in [0.29, 0.717) is 11.4 Å². The summed E-state index contributed by atoms with van der Waals surface area (Å²) >= 11 is 0. The predicted octanol–water partition coefficient (Wildman–Crippen LogP) is 14.9. The van der Waals surface area contributed by atoms with Gasteiger partial charge in [0.1, 0.15) is 22.7 Å². The van der Waals surface area contributed by atoms with Gasteiger partial charge in [0.2, 0.25) is 0 Å². The van der Waals surface area contributed by atoms with Crippen LogP contribution in [0.2, 0.25) is 0 Å². The number of phenolic OH excluding ortho intramolecular Hbond substituents is 1. The Morgan fingerprint density at radius 3 is 2.02 bits per heavy atom. The van der Waals surface area contributed by atoms with Crippen molar-refractivity contribution < 1.29 is 30.6 Å². The summed E-state index contributed by atoms with van der Waals surface area (Å²) in [7, 11) is 0. The summed E-state index contributed by atoms with van der Waals surface area (Å²) < 4.78 is 8.73. The summed E-state index contributed by atoms with van der Waals surface area (Å²) in [5.74, 6) is 0.929. The summed E-state index contributed by atoms with van der Waals surface area (Å²) in [5, 5.41) is 16.6. The molecule has 0 saturated carbocycles. The van der Waals surface area contributed by atoms with Crippen LogP contribution in [0.5, 0.6) is 5.75 Å². The number of para-hydroxylation sites is 2. The van der Waals surface area contributed by atoms with Gasteiger partial charge >= 0.3 is 0 Å². The van der Waals surface area contributed by atoms with Crippen molar-refractivity contribution in [2.24, 2.45) is 0 Å². The molecule has 10 aromatic rings. The van der Waals surface area contributed by atoms with Gasteiger partial charge in [-0.15, -0.1) is 29.3 Å². The van der Waals surface area contributed by atoms with Crippen molar-refractivity contribution >= 4 is 43.7 Å². The van der Waals surface area contributed by atoms with Crippen molar-refractivity contribution in [2.45, 2.75) is 71.6 Å². The predicted molar refractivity (Wildman–Crippen MR) is 256 cm³/mol. The maximum absolute atomic E-state index is 12.2. The van der Waals surface area contributed by atoms with Crippen LogP contribution in [0, 0.1) is 6.07 Å². The minimum atomic E-state index is -0.368. The molecule has 0 atom stereocenters. The number of hydrogen-bond donors (Lipinski definition) is 1. The molecule has 0 fully saturated rings. The second kappa shape index (κ2) is 15.5. The topological polar surface area (TPSA) is 64.1 Å². The SMILES string of the molecule is CC(C)(C)c1cc(-c2nc3c(-c4[c-]c(-c5cc6oc7ccc8ccccc8c7c6cn5)cc(C(C)(C)c5ccccc5)c4)cccc3n2-c2ccccc2)c(O)c(C(C)(C)C)c1.[Pt]. The fourth-order valence-electron chi connectivity index (χ4n) is 8.97.